The van der Waals surface area contributed by atoms with Crippen LogP contribution in [0, 0.1) is 23.2 Å². The zero-order valence-electron chi connectivity index (χ0n) is 11.9. The van der Waals surface area contributed by atoms with E-state index in [1.54, 1.807) is 6.20 Å². The van der Waals surface area contributed by atoms with Crippen molar-refractivity contribution in [2.45, 2.75) is 50.0 Å². The Morgan fingerprint density at radius 1 is 1.32 bits per heavy atom. The molecule has 1 aromatic heterocycles. The third-order valence-electron chi connectivity index (χ3n) is 4.67. The van der Waals surface area contributed by atoms with Crippen LogP contribution in [0.2, 0.25) is 0 Å². The second-order valence-electron chi connectivity index (χ2n) is 6.25. The predicted octanol–water partition coefficient (Wildman–Crippen LogP) is 1.52. The van der Waals surface area contributed by atoms with Gasteiger partial charge in [0.1, 0.15) is 0 Å². The molecule has 6 nitrogen and oxygen atoms in total. The van der Waals surface area contributed by atoms with Gasteiger partial charge in [-0.2, -0.15) is 5.26 Å². The van der Waals surface area contributed by atoms with Crippen LogP contribution in [-0.4, -0.2) is 26.8 Å². The average Bonchev–Trinajstić information content (AvgIpc) is 3.14. The lowest BCUT2D eigenvalue weighted by Crippen LogP contribution is -2.43. The molecule has 2 saturated carbocycles. The lowest BCUT2D eigenvalue weighted by molar-refractivity contribution is -0.132. The number of primary amides is 1. The van der Waals surface area contributed by atoms with Crippen LogP contribution in [0.3, 0.4) is 0 Å². The molecule has 2 aliphatic carbocycles. The van der Waals surface area contributed by atoms with Crippen molar-refractivity contribution in [3.05, 3.63) is 18.3 Å². The van der Waals surface area contributed by atoms with Gasteiger partial charge < -0.3 is 5.73 Å². The SMILES string of the molecule is N#CC1(n2cc([CH]C3(C(N)=O)CCC(F)(F)CC3)nn2)CC1. The highest BCUT2D eigenvalue weighted by Gasteiger charge is 2.49. The van der Waals surface area contributed by atoms with Crippen LogP contribution in [-0.2, 0) is 10.3 Å². The van der Waals surface area contributed by atoms with Crippen LogP contribution < -0.4 is 5.73 Å². The summed E-state index contributed by atoms with van der Waals surface area (Å²) in [5.74, 6) is -3.37. The number of carbonyl (C=O) groups is 1. The third kappa shape index (κ3) is 2.45. The lowest BCUT2D eigenvalue weighted by Gasteiger charge is -2.36. The quantitative estimate of drug-likeness (QED) is 0.911. The van der Waals surface area contributed by atoms with Crippen molar-refractivity contribution in [3.8, 4) is 6.07 Å². The topological polar surface area (TPSA) is 97.6 Å². The van der Waals surface area contributed by atoms with Gasteiger partial charge >= 0.3 is 0 Å². The number of amides is 1. The number of carbonyl (C=O) groups excluding carboxylic acids is 1. The highest BCUT2D eigenvalue weighted by Crippen LogP contribution is 2.46. The van der Waals surface area contributed by atoms with E-state index >= 15 is 0 Å². The molecule has 117 valence electrons. The second-order valence-corrected chi connectivity index (χ2v) is 6.25. The zero-order chi connectivity index (χ0) is 16.0. The van der Waals surface area contributed by atoms with E-state index in [4.69, 9.17) is 11.0 Å². The van der Waals surface area contributed by atoms with Crippen LogP contribution in [0.5, 0.6) is 0 Å². The number of hydrogen-bond acceptors (Lipinski definition) is 4. The average molecular weight is 308 g/mol. The second kappa shape index (κ2) is 4.73. The molecule has 0 aromatic carbocycles. The normalized spacial score (nSPS) is 24.4. The molecule has 1 amide bonds. The fourth-order valence-electron chi connectivity index (χ4n) is 2.87. The molecule has 0 atom stereocenters. The summed E-state index contributed by atoms with van der Waals surface area (Å²) in [5, 5.41) is 17.0. The van der Waals surface area contributed by atoms with E-state index in [1.807, 2.05) is 0 Å². The van der Waals surface area contributed by atoms with Crippen molar-refractivity contribution in [2.75, 3.05) is 0 Å². The van der Waals surface area contributed by atoms with Crippen molar-refractivity contribution in [1.29, 1.82) is 5.26 Å². The minimum Gasteiger partial charge on any atom is -0.369 e. The van der Waals surface area contributed by atoms with E-state index in [9.17, 15) is 13.6 Å². The first kappa shape index (κ1) is 14.9. The van der Waals surface area contributed by atoms with Crippen LogP contribution >= 0.6 is 0 Å². The lowest BCUT2D eigenvalue weighted by atomic mass is 9.69. The Morgan fingerprint density at radius 2 is 1.95 bits per heavy atom. The maximum absolute atomic E-state index is 13.3. The van der Waals surface area contributed by atoms with Crippen molar-refractivity contribution < 1.29 is 13.6 Å². The third-order valence-corrected chi connectivity index (χ3v) is 4.67. The number of nitriles is 1. The van der Waals surface area contributed by atoms with E-state index in [2.05, 4.69) is 16.4 Å². The van der Waals surface area contributed by atoms with Gasteiger partial charge in [-0.05, 0) is 25.7 Å². The summed E-state index contributed by atoms with van der Waals surface area (Å²) >= 11 is 0. The highest BCUT2D eigenvalue weighted by atomic mass is 19.3. The Bertz CT molecular complexity index is 634. The van der Waals surface area contributed by atoms with Gasteiger partial charge in [-0.3, -0.25) is 4.79 Å². The minimum absolute atomic E-state index is 0.00835. The van der Waals surface area contributed by atoms with Gasteiger partial charge in [0.05, 0.1) is 23.4 Å². The van der Waals surface area contributed by atoms with E-state index in [1.165, 1.54) is 11.1 Å². The summed E-state index contributed by atoms with van der Waals surface area (Å²) in [4.78, 5) is 11.8. The fourth-order valence-corrected chi connectivity index (χ4v) is 2.87. The van der Waals surface area contributed by atoms with Gasteiger partial charge in [0, 0.05) is 19.3 Å². The Labute approximate surface area is 126 Å². The monoisotopic (exact) mass is 308 g/mol. The molecule has 2 aliphatic rings. The molecular formula is C14H16F2N5O. The number of alkyl halides is 2. The minimum atomic E-state index is -2.75. The number of rotatable bonds is 4. The molecule has 2 fully saturated rings. The molecule has 0 spiro atoms. The van der Waals surface area contributed by atoms with Crippen molar-refractivity contribution in [1.82, 2.24) is 15.0 Å². The molecule has 0 aliphatic heterocycles. The summed E-state index contributed by atoms with van der Waals surface area (Å²) in [6.45, 7) is 0. The molecule has 1 radical (unpaired) electrons. The van der Waals surface area contributed by atoms with E-state index in [0.717, 1.165) is 0 Å². The number of nitrogens with zero attached hydrogens (tertiary/aromatic N) is 4. The summed E-state index contributed by atoms with van der Waals surface area (Å²) in [5.41, 5.74) is 4.08. The molecule has 0 saturated heterocycles. The molecular weight excluding hydrogens is 292 g/mol. The smallest absolute Gasteiger partial charge is 0.248 e. The molecule has 2 N–H and O–H groups in total. The first-order valence-corrected chi connectivity index (χ1v) is 7.19. The molecule has 1 heterocycles. The van der Waals surface area contributed by atoms with Gasteiger partial charge in [-0.25, -0.2) is 13.5 Å². The van der Waals surface area contributed by atoms with Crippen LogP contribution in [0.4, 0.5) is 8.78 Å². The zero-order valence-corrected chi connectivity index (χ0v) is 11.9. The van der Waals surface area contributed by atoms with Gasteiger partial charge in [0.2, 0.25) is 11.8 Å². The maximum Gasteiger partial charge on any atom is 0.248 e. The largest absolute Gasteiger partial charge is 0.369 e. The van der Waals surface area contributed by atoms with E-state index in [-0.39, 0.29) is 25.7 Å². The van der Waals surface area contributed by atoms with Crippen molar-refractivity contribution in [2.24, 2.45) is 11.1 Å². The van der Waals surface area contributed by atoms with Crippen LogP contribution in [0.25, 0.3) is 0 Å². The fraction of sp³-hybridized carbons (Fsp3) is 0.643. The van der Waals surface area contributed by atoms with Crippen LogP contribution in [0.1, 0.15) is 44.2 Å². The van der Waals surface area contributed by atoms with Crippen molar-refractivity contribution in [3.63, 3.8) is 0 Å². The number of hydrogen-bond donors (Lipinski definition) is 1. The Morgan fingerprint density at radius 3 is 2.45 bits per heavy atom. The Kier molecular flexibility index (Phi) is 3.20. The predicted molar refractivity (Wildman–Crippen MR) is 71.3 cm³/mol. The van der Waals surface area contributed by atoms with Gasteiger partial charge in [-0.15, -0.1) is 5.10 Å². The van der Waals surface area contributed by atoms with E-state index < -0.39 is 22.8 Å². The summed E-state index contributed by atoms with van der Waals surface area (Å²) in [7, 11) is 0. The van der Waals surface area contributed by atoms with Crippen LogP contribution in [0.15, 0.2) is 6.20 Å². The standard InChI is InChI=1S/C14H16F2N5O/c15-14(16)5-1-12(2-6-14,11(18)22)7-10-8-21(20-19-10)13(9-17)3-4-13/h7-8H,1-6H2,(H2,18,22). The molecule has 3 rings (SSSR count). The summed E-state index contributed by atoms with van der Waals surface area (Å²) < 4.78 is 28.1. The molecule has 22 heavy (non-hydrogen) atoms. The first-order valence-electron chi connectivity index (χ1n) is 7.19. The maximum atomic E-state index is 13.3. The van der Waals surface area contributed by atoms with Gasteiger partial charge in [0.25, 0.3) is 0 Å². The molecule has 0 bridgehead atoms. The molecule has 8 heteroatoms. The van der Waals surface area contributed by atoms with E-state index in [0.29, 0.717) is 18.5 Å². The Hall–Kier alpha value is -2.04. The highest BCUT2D eigenvalue weighted by molar-refractivity contribution is 5.83. The Balaban J connectivity index is 1.78. The van der Waals surface area contributed by atoms with Gasteiger partial charge in [0.15, 0.2) is 5.54 Å². The molecule has 0 unspecified atom stereocenters. The molecule has 1 aromatic rings. The number of nitrogens with two attached hydrogens (primary N) is 1. The van der Waals surface area contributed by atoms with Crippen molar-refractivity contribution >= 4 is 5.91 Å². The van der Waals surface area contributed by atoms with Gasteiger partial charge in [-0.1, -0.05) is 5.21 Å². The number of halogens is 2. The summed E-state index contributed by atoms with van der Waals surface area (Å²) in [6, 6.07) is 2.18. The summed E-state index contributed by atoms with van der Waals surface area (Å²) in [6.07, 6.45) is 3.76. The number of aromatic nitrogens is 3. The first-order chi connectivity index (χ1) is 10.3.